The Morgan fingerprint density at radius 3 is 2.44 bits per heavy atom. The first-order chi connectivity index (χ1) is 13.2. The van der Waals surface area contributed by atoms with Crippen LogP contribution >= 0.6 is 0 Å². The minimum atomic E-state index is -0.306. The standard InChI is InChI=1S/C22H15FN4/c1-14-10-11-18-19(12-14)27-22(20(24-18)15-6-3-2-4-7-15)21(25-26-27)16-8-5-9-17(23)13-16/h2-13H,1H3. The molecule has 5 heteroatoms. The molecular formula is C22H15FN4. The monoisotopic (exact) mass is 354 g/mol. The molecule has 0 saturated carbocycles. The smallest absolute Gasteiger partial charge is 0.123 e. The SMILES string of the molecule is Cc1ccc2nc(-c3ccccc3)c3c(-c4cccc(F)c4)nnn3c2c1. The van der Waals surface area contributed by atoms with E-state index in [2.05, 4.69) is 10.3 Å². The largest absolute Gasteiger partial charge is 0.244 e. The Morgan fingerprint density at radius 1 is 0.815 bits per heavy atom. The Kier molecular flexibility index (Phi) is 3.47. The van der Waals surface area contributed by atoms with Gasteiger partial charge in [0.1, 0.15) is 17.0 Å². The third-order valence-electron chi connectivity index (χ3n) is 4.63. The first-order valence-electron chi connectivity index (χ1n) is 8.68. The second-order valence-electron chi connectivity index (χ2n) is 6.53. The van der Waals surface area contributed by atoms with E-state index in [0.29, 0.717) is 11.3 Å². The Balaban J connectivity index is 1.93. The van der Waals surface area contributed by atoms with Crippen LogP contribution in [-0.4, -0.2) is 19.8 Å². The van der Waals surface area contributed by atoms with Gasteiger partial charge in [-0.3, -0.25) is 0 Å². The Bertz CT molecular complexity index is 1290. The summed E-state index contributed by atoms with van der Waals surface area (Å²) >= 11 is 0. The van der Waals surface area contributed by atoms with Gasteiger partial charge in [0.2, 0.25) is 0 Å². The molecule has 4 nitrogen and oxygen atoms in total. The lowest BCUT2D eigenvalue weighted by atomic mass is 10.1. The maximum atomic E-state index is 13.8. The highest BCUT2D eigenvalue weighted by Gasteiger charge is 2.18. The number of rotatable bonds is 2. The molecule has 0 fully saturated rings. The van der Waals surface area contributed by atoms with Crippen LogP contribution in [0.4, 0.5) is 4.39 Å². The van der Waals surface area contributed by atoms with E-state index in [9.17, 15) is 4.39 Å². The first kappa shape index (κ1) is 15.6. The van der Waals surface area contributed by atoms with Crippen molar-refractivity contribution in [2.24, 2.45) is 0 Å². The molecular weight excluding hydrogens is 339 g/mol. The van der Waals surface area contributed by atoms with Gasteiger partial charge in [-0.2, -0.15) is 0 Å². The van der Waals surface area contributed by atoms with Crippen LogP contribution < -0.4 is 0 Å². The molecule has 0 atom stereocenters. The zero-order chi connectivity index (χ0) is 18.4. The van der Waals surface area contributed by atoms with Crippen LogP contribution in [-0.2, 0) is 0 Å². The van der Waals surface area contributed by atoms with Crippen molar-refractivity contribution in [1.82, 2.24) is 19.8 Å². The van der Waals surface area contributed by atoms with Crippen LogP contribution in [0.1, 0.15) is 5.56 Å². The van der Waals surface area contributed by atoms with E-state index in [1.807, 2.05) is 61.5 Å². The summed E-state index contributed by atoms with van der Waals surface area (Å²) in [6, 6.07) is 22.4. The third-order valence-corrected chi connectivity index (χ3v) is 4.63. The van der Waals surface area contributed by atoms with E-state index >= 15 is 0 Å². The number of aryl methyl sites for hydroxylation is 1. The lowest BCUT2D eigenvalue weighted by molar-refractivity contribution is 0.628. The van der Waals surface area contributed by atoms with Crippen molar-refractivity contribution < 1.29 is 4.39 Å². The quantitative estimate of drug-likeness (QED) is 0.445. The second-order valence-corrected chi connectivity index (χ2v) is 6.53. The predicted octanol–water partition coefficient (Wildman–Crippen LogP) is 5.06. The summed E-state index contributed by atoms with van der Waals surface area (Å²) < 4.78 is 15.6. The van der Waals surface area contributed by atoms with Crippen molar-refractivity contribution in [2.45, 2.75) is 6.92 Å². The summed E-state index contributed by atoms with van der Waals surface area (Å²) in [6.07, 6.45) is 0. The molecule has 0 aliphatic rings. The third kappa shape index (κ3) is 2.56. The van der Waals surface area contributed by atoms with Crippen molar-refractivity contribution in [1.29, 1.82) is 0 Å². The molecule has 0 unspecified atom stereocenters. The van der Waals surface area contributed by atoms with Crippen LogP contribution in [0.25, 0.3) is 39.1 Å². The molecule has 3 aromatic carbocycles. The van der Waals surface area contributed by atoms with Gasteiger partial charge in [0, 0.05) is 11.1 Å². The lowest BCUT2D eigenvalue weighted by Gasteiger charge is -2.09. The molecule has 130 valence electrons. The van der Waals surface area contributed by atoms with E-state index in [-0.39, 0.29) is 5.82 Å². The van der Waals surface area contributed by atoms with Crippen molar-refractivity contribution in [3.05, 3.63) is 84.2 Å². The Morgan fingerprint density at radius 2 is 1.63 bits per heavy atom. The minimum Gasteiger partial charge on any atom is -0.244 e. The molecule has 0 radical (unpaired) electrons. The average Bonchev–Trinajstić information content (AvgIpc) is 3.14. The highest BCUT2D eigenvalue weighted by Crippen LogP contribution is 2.32. The molecule has 0 amide bonds. The molecule has 2 aromatic heterocycles. The summed E-state index contributed by atoms with van der Waals surface area (Å²) in [5.74, 6) is -0.306. The number of aromatic nitrogens is 4. The van der Waals surface area contributed by atoms with Crippen LogP contribution in [0.3, 0.4) is 0 Å². The maximum absolute atomic E-state index is 13.8. The topological polar surface area (TPSA) is 43.1 Å². The van der Waals surface area contributed by atoms with E-state index in [1.54, 1.807) is 10.6 Å². The van der Waals surface area contributed by atoms with E-state index in [0.717, 1.165) is 33.4 Å². The highest BCUT2D eigenvalue weighted by molar-refractivity contribution is 5.94. The van der Waals surface area contributed by atoms with E-state index in [1.165, 1.54) is 12.1 Å². The summed E-state index contributed by atoms with van der Waals surface area (Å²) in [7, 11) is 0. The zero-order valence-electron chi connectivity index (χ0n) is 14.6. The fourth-order valence-corrected chi connectivity index (χ4v) is 3.36. The van der Waals surface area contributed by atoms with Gasteiger partial charge < -0.3 is 0 Å². The maximum Gasteiger partial charge on any atom is 0.123 e. The molecule has 5 aromatic rings. The van der Waals surface area contributed by atoms with Gasteiger partial charge >= 0.3 is 0 Å². The fourth-order valence-electron chi connectivity index (χ4n) is 3.36. The van der Waals surface area contributed by atoms with E-state index in [4.69, 9.17) is 4.98 Å². The molecule has 0 bridgehead atoms. The minimum absolute atomic E-state index is 0.306. The summed E-state index contributed by atoms with van der Waals surface area (Å²) in [4.78, 5) is 4.90. The molecule has 0 N–H and O–H groups in total. The van der Waals surface area contributed by atoms with Crippen molar-refractivity contribution in [3.63, 3.8) is 0 Å². The fraction of sp³-hybridized carbons (Fsp3) is 0.0455. The molecule has 5 rings (SSSR count). The highest BCUT2D eigenvalue weighted by atomic mass is 19.1. The first-order valence-corrected chi connectivity index (χ1v) is 8.68. The lowest BCUT2D eigenvalue weighted by Crippen LogP contribution is -1.98. The van der Waals surface area contributed by atoms with Gasteiger partial charge in [-0.05, 0) is 36.8 Å². The average molecular weight is 354 g/mol. The number of halogens is 1. The van der Waals surface area contributed by atoms with Crippen LogP contribution in [0.2, 0.25) is 0 Å². The molecule has 0 aliphatic carbocycles. The second kappa shape index (κ2) is 5.99. The summed E-state index contributed by atoms with van der Waals surface area (Å²) in [5.41, 5.74) is 6.62. The summed E-state index contributed by atoms with van der Waals surface area (Å²) in [6.45, 7) is 2.03. The van der Waals surface area contributed by atoms with Gasteiger partial charge in [-0.25, -0.2) is 13.9 Å². The van der Waals surface area contributed by atoms with Gasteiger partial charge in [0.05, 0.1) is 16.7 Å². The molecule has 0 spiro atoms. The van der Waals surface area contributed by atoms with Crippen LogP contribution in [0.15, 0.2) is 72.8 Å². The van der Waals surface area contributed by atoms with Gasteiger partial charge in [-0.15, -0.1) is 5.10 Å². The van der Waals surface area contributed by atoms with Gasteiger partial charge in [-0.1, -0.05) is 53.7 Å². The summed E-state index contributed by atoms with van der Waals surface area (Å²) in [5, 5.41) is 8.76. The molecule has 27 heavy (non-hydrogen) atoms. The zero-order valence-corrected chi connectivity index (χ0v) is 14.6. The predicted molar refractivity (Wildman–Crippen MR) is 104 cm³/mol. The van der Waals surface area contributed by atoms with Gasteiger partial charge in [0.25, 0.3) is 0 Å². The van der Waals surface area contributed by atoms with Crippen molar-refractivity contribution in [2.75, 3.05) is 0 Å². The number of nitrogens with zero attached hydrogens (tertiary/aromatic N) is 4. The van der Waals surface area contributed by atoms with Crippen molar-refractivity contribution >= 4 is 16.6 Å². The number of fused-ring (bicyclic) bond motifs is 3. The Labute approximate surface area is 154 Å². The normalized spacial score (nSPS) is 11.3. The Hall–Kier alpha value is -3.60. The van der Waals surface area contributed by atoms with Crippen LogP contribution in [0.5, 0.6) is 0 Å². The molecule has 2 heterocycles. The van der Waals surface area contributed by atoms with Gasteiger partial charge in [0.15, 0.2) is 0 Å². The van der Waals surface area contributed by atoms with Crippen LogP contribution in [0, 0.1) is 12.7 Å². The van der Waals surface area contributed by atoms with E-state index < -0.39 is 0 Å². The van der Waals surface area contributed by atoms with Crippen molar-refractivity contribution in [3.8, 4) is 22.5 Å². The molecule has 0 saturated heterocycles. The molecule has 0 aliphatic heterocycles. The number of hydrogen-bond donors (Lipinski definition) is 0. The number of hydrogen-bond acceptors (Lipinski definition) is 3. The number of benzene rings is 3.